The molecule has 0 spiro atoms. The van der Waals surface area contributed by atoms with Crippen LogP contribution in [0.25, 0.3) is 0 Å². The maximum Gasteiger partial charge on any atom is 0.156 e. The van der Waals surface area contributed by atoms with Gasteiger partial charge in [0.1, 0.15) is 0 Å². The Bertz CT molecular complexity index is 86.9. The molecule has 1 nitrogen and oxygen atoms in total. The Kier molecular flexibility index (Phi) is 9.14. The number of unbranched alkanes of at least 4 members (excludes halogenated alkanes) is 5. The molecule has 0 heterocycles. The number of methoxy groups -OCH3 is 1. The van der Waals surface area contributed by atoms with Crippen LogP contribution in [0.2, 0.25) is 0 Å². The van der Waals surface area contributed by atoms with Gasteiger partial charge in [-0.2, -0.15) is 0 Å². The summed E-state index contributed by atoms with van der Waals surface area (Å²) in [5.74, 6) is 0. The van der Waals surface area contributed by atoms with Gasteiger partial charge in [-0.15, -0.1) is 0 Å². The van der Waals surface area contributed by atoms with Crippen molar-refractivity contribution in [3.05, 3.63) is 12.3 Å². The zero-order chi connectivity index (χ0) is 8.36. The van der Waals surface area contributed by atoms with E-state index in [0.717, 1.165) is 6.42 Å². The highest BCUT2D eigenvalue weighted by molar-refractivity contribution is 4.66. The van der Waals surface area contributed by atoms with Gasteiger partial charge in [0.25, 0.3) is 0 Å². The third-order valence-corrected chi connectivity index (χ3v) is 1.65. The molecule has 0 aliphatic carbocycles. The molecule has 0 bridgehead atoms. The zero-order valence-electron chi connectivity index (χ0n) is 7.73. The van der Waals surface area contributed by atoms with Crippen LogP contribution in [0.3, 0.4) is 0 Å². The van der Waals surface area contributed by atoms with E-state index in [-0.39, 0.29) is 0 Å². The molecule has 0 saturated heterocycles. The van der Waals surface area contributed by atoms with Crippen molar-refractivity contribution < 1.29 is 4.74 Å². The Morgan fingerprint density at radius 1 is 1.18 bits per heavy atom. The van der Waals surface area contributed by atoms with Gasteiger partial charge in [0.15, 0.2) is 6.26 Å². The lowest BCUT2D eigenvalue weighted by Crippen LogP contribution is -1.76. The van der Waals surface area contributed by atoms with Gasteiger partial charge >= 0.3 is 0 Å². The van der Waals surface area contributed by atoms with Crippen molar-refractivity contribution in [2.75, 3.05) is 7.11 Å². The van der Waals surface area contributed by atoms with Crippen molar-refractivity contribution >= 4 is 0 Å². The maximum absolute atomic E-state index is 4.66. The first-order valence-corrected chi connectivity index (χ1v) is 4.52. The molecule has 0 aromatic rings. The van der Waals surface area contributed by atoms with Crippen LogP contribution < -0.4 is 0 Å². The highest BCUT2D eigenvalue weighted by atomic mass is 16.5. The summed E-state index contributed by atoms with van der Waals surface area (Å²) >= 11 is 0. The van der Waals surface area contributed by atoms with Crippen molar-refractivity contribution in [3.63, 3.8) is 0 Å². The Balaban J connectivity index is 2.85. The smallest absolute Gasteiger partial charge is 0.156 e. The van der Waals surface area contributed by atoms with E-state index in [1.807, 2.05) is 6.08 Å². The SMILES string of the molecule is CCCCCCC/C=[C]\OC. The number of hydrogen-bond acceptors (Lipinski definition) is 1. The molecule has 0 fully saturated rings. The third kappa shape index (κ3) is 9.54. The number of rotatable bonds is 7. The molecule has 1 radical (unpaired) electrons. The summed E-state index contributed by atoms with van der Waals surface area (Å²) in [5.41, 5.74) is 0. The van der Waals surface area contributed by atoms with Gasteiger partial charge in [0.2, 0.25) is 0 Å². The fourth-order valence-electron chi connectivity index (χ4n) is 0.992. The molecular formula is C10H19O. The van der Waals surface area contributed by atoms with E-state index < -0.39 is 0 Å². The molecule has 0 N–H and O–H groups in total. The molecule has 0 rings (SSSR count). The molecule has 0 aromatic carbocycles. The molecule has 65 valence electrons. The predicted octanol–water partition coefficient (Wildman–Crippen LogP) is 3.31. The zero-order valence-corrected chi connectivity index (χ0v) is 7.73. The maximum atomic E-state index is 4.66. The van der Waals surface area contributed by atoms with E-state index >= 15 is 0 Å². The highest BCUT2D eigenvalue weighted by Crippen LogP contribution is 2.04. The fraction of sp³-hybridized carbons (Fsp3) is 0.800. The molecule has 0 aliphatic heterocycles. The average molecular weight is 155 g/mol. The lowest BCUT2D eigenvalue weighted by Gasteiger charge is -1.95. The van der Waals surface area contributed by atoms with Crippen LogP contribution in [0.1, 0.15) is 45.4 Å². The second-order valence-corrected chi connectivity index (χ2v) is 2.73. The van der Waals surface area contributed by atoms with E-state index in [4.69, 9.17) is 0 Å². The average Bonchev–Trinajstić information content (AvgIpc) is 2.03. The van der Waals surface area contributed by atoms with E-state index in [9.17, 15) is 0 Å². The second-order valence-electron chi connectivity index (χ2n) is 2.73. The predicted molar refractivity (Wildman–Crippen MR) is 48.2 cm³/mol. The summed E-state index contributed by atoms with van der Waals surface area (Å²) in [6.45, 7) is 2.23. The molecule has 1 heteroatoms. The van der Waals surface area contributed by atoms with E-state index in [1.165, 1.54) is 32.1 Å². The van der Waals surface area contributed by atoms with Crippen LogP contribution >= 0.6 is 0 Å². The van der Waals surface area contributed by atoms with Gasteiger partial charge in [0.05, 0.1) is 7.11 Å². The van der Waals surface area contributed by atoms with Gasteiger partial charge in [0, 0.05) is 0 Å². The normalized spacial score (nSPS) is 10.7. The minimum Gasteiger partial charge on any atom is -0.493 e. The standard InChI is InChI=1S/C10H19O/c1-3-4-5-6-7-8-9-10-11-2/h9H,3-8H2,1-2H3. The third-order valence-electron chi connectivity index (χ3n) is 1.65. The van der Waals surface area contributed by atoms with E-state index in [1.54, 1.807) is 7.11 Å². The largest absolute Gasteiger partial charge is 0.493 e. The molecule has 0 aliphatic rings. The van der Waals surface area contributed by atoms with Crippen molar-refractivity contribution in [2.24, 2.45) is 0 Å². The van der Waals surface area contributed by atoms with Crippen LogP contribution in [0.5, 0.6) is 0 Å². The Morgan fingerprint density at radius 3 is 2.55 bits per heavy atom. The van der Waals surface area contributed by atoms with E-state index in [2.05, 4.69) is 17.9 Å². The molecule has 0 aromatic heterocycles. The second kappa shape index (κ2) is 9.54. The van der Waals surface area contributed by atoms with Crippen LogP contribution in [0.4, 0.5) is 0 Å². The summed E-state index contributed by atoms with van der Waals surface area (Å²) in [6.07, 6.45) is 12.5. The molecule has 11 heavy (non-hydrogen) atoms. The summed E-state index contributed by atoms with van der Waals surface area (Å²) < 4.78 is 4.66. The first kappa shape index (κ1) is 10.5. The topological polar surface area (TPSA) is 9.23 Å². The lowest BCUT2D eigenvalue weighted by molar-refractivity contribution is 0.311. The van der Waals surface area contributed by atoms with Gasteiger partial charge in [-0.25, -0.2) is 0 Å². The van der Waals surface area contributed by atoms with Gasteiger partial charge in [-0.1, -0.05) is 32.6 Å². The summed E-state index contributed by atoms with van der Waals surface area (Å²) in [6, 6.07) is 0. The van der Waals surface area contributed by atoms with Crippen molar-refractivity contribution in [3.8, 4) is 0 Å². The molecule has 0 atom stereocenters. The minimum atomic E-state index is 1.11. The monoisotopic (exact) mass is 155 g/mol. The first-order chi connectivity index (χ1) is 5.41. The lowest BCUT2D eigenvalue weighted by atomic mass is 10.1. The molecular weight excluding hydrogens is 136 g/mol. The van der Waals surface area contributed by atoms with Gasteiger partial charge < -0.3 is 4.74 Å². The van der Waals surface area contributed by atoms with E-state index in [0.29, 0.717) is 0 Å². The highest BCUT2D eigenvalue weighted by Gasteiger charge is 1.85. The first-order valence-electron chi connectivity index (χ1n) is 4.52. The minimum absolute atomic E-state index is 1.11. The molecule has 0 unspecified atom stereocenters. The van der Waals surface area contributed by atoms with Gasteiger partial charge in [-0.3, -0.25) is 0 Å². The van der Waals surface area contributed by atoms with Crippen LogP contribution in [0, 0.1) is 6.26 Å². The van der Waals surface area contributed by atoms with Gasteiger partial charge in [-0.05, 0) is 18.9 Å². The molecule has 0 amide bonds. The van der Waals surface area contributed by atoms with Crippen LogP contribution in [0.15, 0.2) is 6.08 Å². The number of allylic oxidation sites excluding steroid dienone is 1. The summed E-state index contributed by atoms with van der Waals surface area (Å²) in [4.78, 5) is 0. The molecule has 0 saturated carbocycles. The van der Waals surface area contributed by atoms with Crippen molar-refractivity contribution in [1.82, 2.24) is 0 Å². The fourth-order valence-corrected chi connectivity index (χ4v) is 0.992. The van der Waals surface area contributed by atoms with Crippen LogP contribution in [-0.2, 0) is 4.74 Å². The Morgan fingerprint density at radius 2 is 1.91 bits per heavy atom. The number of ether oxygens (including phenoxy) is 1. The Hall–Kier alpha value is -0.460. The van der Waals surface area contributed by atoms with Crippen molar-refractivity contribution in [1.29, 1.82) is 0 Å². The quantitative estimate of drug-likeness (QED) is 0.405. The summed E-state index contributed by atoms with van der Waals surface area (Å²) in [5, 5.41) is 0. The van der Waals surface area contributed by atoms with Crippen LogP contribution in [-0.4, -0.2) is 7.11 Å². The number of hydrogen-bond donors (Lipinski definition) is 0. The van der Waals surface area contributed by atoms with Crippen molar-refractivity contribution in [2.45, 2.75) is 45.4 Å². The summed E-state index contributed by atoms with van der Waals surface area (Å²) in [7, 11) is 1.63. The Labute approximate surface area is 70.4 Å².